The summed E-state index contributed by atoms with van der Waals surface area (Å²) in [5.74, 6) is 1.33. The van der Waals surface area contributed by atoms with Gasteiger partial charge in [0.2, 0.25) is 5.84 Å². The smallest absolute Gasteiger partial charge is 0.314 e. The van der Waals surface area contributed by atoms with Crippen LogP contribution >= 0.6 is 0 Å². The molecule has 3 heterocycles. The molecule has 1 atom stereocenters. The van der Waals surface area contributed by atoms with Crippen LogP contribution in [0.1, 0.15) is 12.2 Å². The number of hydrogen-bond acceptors (Lipinski definition) is 6. The van der Waals surface area contributed by atoms with Crippen molar-refractivity contribution >= 4 is 11.9 Å². The minimum atomic E-state index is -0.398. The molecule has 0 saturated carbocycles. The predicted octanol–water partition coefficient (Wildman–Crippen LogP) is 1.65. The van der Waals surface area contributed by atoms with Crippen LogP contribution in [0.25, 0.3) is 6.08 Å². The second-order valence-electron chi connectivity index (χ2n) is 5.18. The molecule has 0 aromatic carbocycles. The lowest BCUT2D eigenvalue weighted by molar-refractivity contribution is -0.414. The first kappa shape index (κ1) is 13.8. The molecular formula is C14H17N3O4. The van der Waals surface area contributed by atoms with Gasteiger partial charge >= 0.3 is 5.70 Å². The van der Waals surface area contributed by atoms with Gasteiger partial charge in [-0.05, 0) is 18.6 Å². The van der Waals surface area contributed by atoms with Crippen LogP contribution in [0, 0.1) is 16.0 Å². The van der Waals surface area contributed by atoms with E-state index in [9.17, 15) is 10.1 Å². The lowest BCUT2D eigenvalue weighted by Gasteiger charge is -2.21. The van der Waals surface area contributed by atoms with E-state index < -0.39 is 4.92 Å². The Balaban J connectivity index is 1.79. The molecule has 0 amide bonds. The van der Waals surface area contributed by atoms with E-state index in [1.165, 1.54) is 12.3 Å². The van der Waals surface area contributed by atoms with Crippen LogP contribution < -0.4 is 0 Å². The Morgan fingerprint density at radius 3 is 3.19 bits per heavy atom. The average Bonchev–Trinajstić information content (AvgIpc) is 3.19. The Morgan fingerprint density at radius 2 is 2.52 bits per heavy atom. The molecule has 0 spiro atoms. The fourth-order valence-corrected chi connectivity index (χ4v) is 2.65. The SMILES string of the molecule is O=[N+]([O-])/C(=C/c1ccco1)C1=NCCN1CC1CCOC1. The molecular weight excluding hydrogens is 274 g/mol. The minimum absolute atomic E-state index is 0.0126. The van der Waals surface area contributed by atoms with Crippen LogP contribution in [0.5, 0.6) is 0 Å². The van der Waals surface area contributed by atoms with E-state index in [1.54, 1.807) is 12.1 Å². The predicted molar refractivity (Wildman–Crippen MR) is 76.5 cm³/mol. The van der Waals surface area contributed by atoms with Crippen molar-refractivity contribution in [3.8, 4) is 0 Å². The van der Waals surface area contributed by atoms with Crippen LogP contribution in [-0.4, -0.2) is 48.5 Å². The van der Waals surface area contributed by atoms with Gasteiger partial charge in [0.1, 0.15) is 5.76 Å². The van der Waals surface area contributed by atoms with Crippen molar-refractivity contribution in [3.05, 3.63) is 40.0 Å². The van der Waals surface area contributed by atoms with E-state index in [1.807, 2.05) is 4.90 Å². The molecule has 1 fully saturated rings. The van der Waals surface area contributed by atoms with Crippen molar-refractivity contribution in [2.75, 3.05) is 32.8 Å². The minimum Gasteiger partial charge on any atom is -0.465 e. The Kier molecular flexibility index (Phi) is 4.01. The highest BCUT2D eigenvalue weighted by atomic mass is 16.6. The summed E-state index contributed by atoms with van der Waals surface area (Å²) < 4.78 is 10.5. The summed E-state index contributed by atoms with van der Waals surface area (Å²) in [5, 5.41) is 11.4. The molecule has 7 heteroatoms. The standard InChI is InChI=1S/C14H17N3O4/c18-17(19)13(8-12-2-1-6-21-12)14-15-4-5-16(14)9-11-3-7-20-10-11/h1-2,6,8,11H,3-5,7,9-10H2/b13-8+. The molecule has 7 nitrogen and oxygen atoms in total. The molecule has 1 aromatic rings. The second-order valence-corrected chi connectivity index (χ2v) is 5.18. The van der Waals surface area contributed by atoms with E-state index in [0.29, 0.717) is 24.1 Å². The van der Waals surface area contributed by atoms with Gasteiger partial charge in [-0.15, -0.1) is 0 Å². The first-order valence-electron chi connectivity index (χ1n) is 7.01. The zero-order valence-corrected chi connectivity index (χ0v) is 11.6. The third kappa shape index (κ3) is 3.13. The number of ether oxygens (including phenoxy) is 1. The summed E-state index contributed by atoms with van der Waals surface area (Å²) in [6.45, 7) is 3.55. The van der Waals surface area contributed by atoms with Gasteiger partial charge < -0.3 is 14.1 Å². The van der Waals surface area contributed by atoms with E-state index >= 15 is 0 Å². The van der Waals surface area contributed by atoms with E-state index in [4.69, 9.17) is 9.15 Å². The van der Waals surface area contributed by atoms with Crippen molar-refractivity contribution in [1.29, 1.82) is 0 Å². The van der Waals surface area contributed by atoms with Crippen LogP contribution in [0.4, 0.5) is 0 Å². The maximum Gasteiger partial charge on any atom is 0.314 e. The second kappa shape index (κ2) is 6.09. The Morgan fingerprint density at radius 1 is 1.62 bits per heavy atom. The molecule has 1 unspecified atom stereocenters. The molecule has 112 valence electrons. The van der Waals surface area contributed by atoms with E-state index in [0.717, 1.165) is 32.7 Å². The van der Waals surface area contributed by atoms with E-state index in [-0.39, 0.29) is 5.70 Å². The van der Waals surface area contributed by atoms with Crippen LogP contribution in [-0.2, 0) is 4.74 Å². The summed E-state index contributed by atoms with van der Waals surface area (Å²) >= 11 is 0. The number of hydrogen-bond donors (Lipinski definition) is 0. The molecule has 0 radical (unpaired) electrons. The first-order chi connectivity index (χ1) is 10.2. The third-order valence-electron chi connectivity index (χ3n) is 3.68. The highest BCUT2D eigenvalue weighted by molar-refractivity contribution is 6.00. The van der Waals surface area contributed by atoms with Gasteiger partial charge in [0.15, 0.2) is 0 Å². The Bertz CT molecular complexity index is 559. The fraction of sp³-hybridized carbons (Fsp3) is 0.500. The quantitative estimate of drug-likeness (QED) is 0.608. The van der Waals surface area contributed by atoms with Crippen LogP contribution in [0.15, 0.2) is 33.5 Å². The summed E-state index contributed by atoms with van der Waals surface area (Å²) in [7, 11) is 0. The van der Waals surface area contributed by atoms with Gasteiger partial charge in [-0.25, -0.2) is 0 Å². The van der Waals surface area contributed by atoms with Gasteiger partial charge in [-0.2, -0.15) is 0 Å². The molecule has 2 aliphatic rings. The van der Waals surface area contributed by atoms with E-state index in [2.05, 4.69) is 4.99 Å². The largest absolute Gasteiger partial charge is 0.465 e. The number of nitro groups is 1. The highest BCUT2D eigenvalue weighted by Crippen LogP contribution is 2.20. The number of amidine groups is 1. The zero-order chi connectivity index (χ0) is 14.7. The number of furan rings is 1. The van der Waals surface area contributed by atoms with Crippen LogP contribution in [0.3, 0.4) is 0 Å². The lowest BCUT2D eigenvalue weighted by Crippen LogP contribution is -2.35. The summed E-state index contributed by atoms with van der Waals surface area (Å²) in [5.41, 5.74) is -0.0126. The van der Waals surface area contributed by atoms with Crippen molar-refractivity contribution in [1.82, 2.24) is 4.90 Å². The number of nitrogens with zero attached hydrogens (tertiary/aromatic N) is 3. The number of aliphatic imine (C=N–C) groups is 1. The van der Waals surface area contributed by atoms with Gasteiger partial charge in [0, 0.05) is 25.6 Å². The number of rotatable bonds is 5. The summed E-state index contributed by atoms with van der Waals surface area (Å²) in [6.07, 6.45) is 3.93. The van der Waals surface area contributed by atoms with Gasteiger partial charge in [0.25, 0.3) is 0 Å². The van der Waals surface area contributed by atoms with Crippen LogP contribution in [0.2, 0.25) is 0 Å². The molecule has 1 aromatic heterocycles. The van der Waals surface area contributed by atoms with Gasteiger partial charge in [-0.3, -0.25) is 15.1 Å². The lowest BCUT2D eigenvalue weighted by atomic mass is 10.1. The van der Waals surface area contributed by atoms with Crippen molar-refractivity contribution in [2.24, 2.45) is 10.9 Å². The molecule has 2 aliphatic heterocycles. The monoisotopic (exact) mass is 291 g/mol. The first-order valence-corrected chi connectivity index (χ1v) is 7.01. The van der Waals surface area contributed by atoms with Gasteiger partial charge in [-0.1, -0.05) is 0 Å². The summed E-state index contributed by atoms with van der Waals surface area (Å²) in [4.78, 5) is 17.3. The Labute approximate surface area is 122 Å². The molecule has 1 saturated heterocycles. The highest BCUT2D eigenvalue weighted by Gasteiger charge is 2.31. The topological polar surface area (TPSA) is 81.1 Å². The molecule has 21 heavy (non-hydrogen) atoms. The van der Waals surface area contributed by atoms with Crippen molar-refractivity contribution < 1.29 is 14.1 Å². The van der Waals surface area contributed by atoms with Crippen molar-refractivity contribution in [3.63, 3.8) is 0 Å². The normalized spacial score (nSPS) is 22.7. The zero-order valence-electron chi connectivity index (χ0n) is 11.6. The third-order valence-corrected chi connectivity index (χ3v) is 3.68. The molecule has 3 rings (SSSR count). The fourth-order valence-electron chi connectivity index (χ4n) is 2.65. The maximum atomic E-state index is 11.4. The Hall–Kier alpha value is -2.15. The maximum absolute atomic E-state index is 11.4. The molecule has 0 aliphatic carbocycles. The van der Waals surface area contributed by atoms with Gasteiger partial charge in [0.05, 0.1) is 30.4 Å². The summed E-state index contributed by atoms with van der Waals surface area (Å²) in [6, 6.07) is 3.39. The molecule has 0 bridgehead atoms. The molecule has 0 N–H and O–H groups in total. The average molecular weight is 291 g/mol. The van der Waals surface area contributed by atoms with Crippen molar-refractivity contribution in [2.45, 2.75) is 6.42 Å².